The Balaban J connectivity index is 1.36. The number of aromatic hydroxyl groups is 2. The van der Waals surface area contributed by atoms with Gasteiger partial charge in [-0.05, 0) is 30.7 Å². The molecule has 42 heavy (non-hydrogen) atoms. The summed E-state index contributed by atoms with van der Waals surface area (Å²) in [7, 11) is 0. The van der Waals surface area contributed by atoms with Gasteiger partial charge in [0.05, 0.1) is 0 Å². The third-order valence-electron chi connectivity index (χ3n) is 7.41. The second kappa shape index (κ2) is 17.8. The second-order valence-electron chi connectivity index (χ2n) is 10.8. The number of carbonyl (C=O) groups excluding carboxylic acids is 3. The molecule has 226 valence electrons. The van der Waals surface area contributed by atoms with E-state index in [-0.39, 0.29) is 29.3 Å². The molecule has 0 aliphatic rings. The van der Waals surface area contributed by atoms with Crippen LogP contribution in [0.1, 0.15) is 129 Å². The van der Waals surface area contributed by atoms with E-state index in [0.29, 0.717) is 17.5 Å². The normalized spacial score (nSPS) is 11.0. The van der Waals surface area contributed by atoms with E-state index in [1.165, 1.54) is 69.9 Å². The summed E-state index contributed by atoms with van der Waals surface area (Å²) >= 11 is 0. The van der Waals surface area contributed by atoms with Crippen molar-refractivity contribution in [1.82, 2.24) is 0 Å². The summed E-state index contributed by atoms with van der Waals surface area (Å²) in [4.78, 5) is 37.6. The van der Waals surface area contributed by atoms with Gasteiger partial charge < -0.3 is 19.4 Å². The van der Waals surface area contributed by atoms with Crippen LogP contribution in [0, 0.1) is 0 Å². The number of carbonyl (C=O) groups is 3. The first kappa shape index (κ1) is 32.6. The highest BCUT2D eigenvalue weighted by molar-refractivity contribution is 6.09. The number of hydrogen-bond acceptors (Lipinski definition) is 7. The number of esters is 1. The Hall–Kier alpha value is -3.87. The Morgan fingerprint density at radius 3 is 1.79 bits per heavy atom. The number of unbranched alkanes of at least 4 members (excludes halogenated alkanes) is 12. The molecule has 2 N–H and O–H groups in total. The fourth-order valence-corrected chi connectivity index (χ4v) is 4.99. The first-order valence-corrected chi connectivity index (χ1v) is 15.4. The lowest BCUT2D eigenvalue weighted by atomic mass is 10.0. The Kier molecular flexibility index (Phi) is 13.9. The van der Waals surface area contributed by atoms with E-state index in [9.17, 15) is 24.6 Å². The van der Waals surface area contributed by atoms with Crippen LogP contribution in [-0.4, -0.2) is 27.7 Å². The van der Waals surface area contributed by atoms with Crippen LogP contribution in [0.25, 0.3) is 0 Å². The molecule has 0 radical (unpaired) electrons. The van der Waals surface area contributed by atoms with Gasteiger partial charge in [-0.3, -0.25) is 14.4 Å². The average molecular weight is 577 g/mol. The summed E-state index contributed by atoms with van der Waals surface area (Å²) in [5, 5.41) is 20.6. The number of ether oxygens (including phenoxy) is 1. The van der Waals surface area contributed by atoms with Gasteiger partial charge >= 0.3 is 5.97 Å². The molecule has 0 aliphatic carbocycles. The number of hydrogen-bond donors (Lipinski definition) is 2. The van der Waals surface area contributed by atoms with E-state index < -0.39 is 29.9 Å². The van der Waals surface area contributed by atoms with Crippen molar-refractivity contribution in [2.24, 2.45) is 0 Å². The lowest BCUT2D eigenvalue weighted by Crippen LogP contribution is -2.11. The zero-order chi connectivity index (χ0) is 30.2. The summed E-state index contributed by atoms with van der Waals surface area (Å²) in [5.74, 6) is -2.58. The molecule has 0 bridgehead atoms. The molecule has 7 heteroatoms. The Labute approximate surface area is 248 Å². The van der Waals surface area contributed by atoms with Gasteiger partial charge in [-0.1, -0.05) is 114 Å². The molecule has 1 aromatic heterocycles. The highest BCUT2D eigenvalue weighted by Gasteiger charge is 2.27. The maximum Gasteiger partial charge on any atom is 0.319 e. The Morgan fingerprint density at radius 1 is 0.690 bits per heavy atom. The van der Waals surface area contributed by atoms with Crippen molar-refractivity contribution >= 4 is 17.5 Å². The van der Waals surface area contributed by atoms with E-state index in [1.807, 2.05) is 6.07 Å². The fourth-order valence-electron chi connectivity index (χ4n) is 4.99. The van der Waals surface area contributed by atoms with Crippen LogP contribution >= 0.6 is 0 Å². The second-order valence-corrected chi connectivity index (χ2v) is 10.8. The Bertz CT molecular complexity index is 1260. The van der Waals surface area contributed by atoms with Gasteiger partial charge in [-0.2, -0.15) is 0 Å². The summed E-state index contributed by atoms with van der Waals surface area (Å²) in [6, 6.07) is 14.9. The molecule has 3 aromatic rings. The predicted octanol–water partition coefficient (Wildman–Crippen LogP) is 8.73. The first-order valence-electron chi connectivity index (χ1n) is 15.4. The van der Waals surface area contributed by atoms with E-state index in [0.717, 1.165) is 19.3 Å². The monoisotopic (exact) mass is 576 g/mol. The van der Waals surface area contributed by atoms with Gasteiger partial charge in [0.1, 0.15) is 17.7 Å². The minimum atomic E-state index is -0.753. The summed E-state index contributed by atoms with van der Waals surface area (Å²) in [6.07, 6.45) is 15.2. The van der Waals surface area contributed by atoms with E-state index in [1.54, 1.807) is 36.4 Å². The predicted molar refractivity (Wildman–Crippen MR) is 162 cm³/mol. The van der Waals surface area contributed by atoms with Gasteiger partial charge in [-0.15, -0.1) is 0 Å². The number of ketones is 2. The largest absolute Gasteiger partial charge is 0.504 e. The van der Waals surface area contributed by atoms with Crippen LogP contribution < -0.4 is 4.74 Å². The van der Waals surface area contributed by atoms with Crippen LogP contribution in [0.3, 0.4) is 0 Å². The molecule has 1 heterocycles. The van der Waals surface area contributed by atoms with Crippen molar-refractivity contribution in [3.8, 4) is 17.4 Å². The number of furan rings is 1. The van der Waals surface area contributed by atoms with Crippen LogP contribution in [0.15, 0.2) is 59.0 Å². The number of rotatable bonds is 20. The zero-order valence-corrected chi connectivity index (χ0v) is 24.7. The third-order valence-corrected chi connectivity index (χ3v) is 7.41. The van der Waals surface area contributed by atoms with Crippen molar-refractivity contribution < 1.29 is 33.8 Å². The molecule has 0 saturated carbocycles. The molecule has 0 fully saturated rings. The molecule has 2 aromatic carbocycles. The van der Waals surface area contributed by atoms with Crippen LogP contribution in [-0.2, 0) is 11.2 Å². The third kappa shape index (κ3) is 10.5. The smallest absolute Gasteiger partial charge is 0.319 e. The van der Waals surface area contributed by atoms with Crippen LogP contribution in [0.5, 0.6) is 17.4 Å². The van der Waals surface area contributed by atoms with E-state index in [4.69, 9.17) is 9.15 Å². The summed E-state index contributed by atoms with van der Waals surface area (Å²) < 4.78 is 10.4. The van der Waals surface area contributed by atoms with Crippen molar-refractivity contribution in [2.75, 3.05) is 0 Å². The van der Waals surface area contributed by atoms with Gasteiger partial charge in [0.15, 0.2) is 23.1 Å². The molecular formula is C35H44O7. The van der Waals surface area contributed by atoms with Gasteiger partial charge in [0.2, 0.25) is 0 Å². The standard InChI is InChI=1S/C35H44O7/c1-2-3-4-5-6-7-8-9-10-11-12-13-17-20-29(36)32-34(39)30(42-35(32)40)25-31(37)41-28-23-21-27(22-24-28)33(38)26-18-15-14-16-19-26/h14-16,18-19,21-24,39-40H,2-13,17,20,25H2,1H3. The number of benzene rings is 2. The van der Waals surface area contributed by atoms with Gasteiger partial charge in [0, 0.05) is 17.5 Å². The number of Topliss-reactive ketones (excluding diaryl/α,β-unsaturated/α-hetero) is 1. The van der Waals surface area contributed by atoms with Crippen molar-refractivity contribution in [2.45, 2.75) is 103 Å². The molecule has 0 spiro atoms. The van der Waals surface area contributed by atoms with Crippen LogP contribution in [0.4, 0.5) is 0 Å². The lowest BCUT2D eigenvalue weighted by Gasteiger charge is -2.05. The zero-order valence-electron chi connectivity index (χ0n) is 24.7. The molecule has 7 nitrogen and oxygen atoms in total. The molecule has 0 saturated heterocycles. The SMILES string of the molecule is CCCCCCCCCCCCCCCC(=O)c1c(O)oc(CC(=O)Oc2ccc(C(=O)c3ccccc3)cc2)c1O. The summed E-state index contributed by atoms with van der Waals surface area (Å²) in [5.41, 5.74) is 0.705. The maximum atomic E-state index is 12.6. The first-order chi connectivity index (χ1) is 20.4. The molecule has 3 rings (SSSR count). The Morgan fingerprint density at radius 2 is 1.21 bits per heavy atom. The molecule has 0 unspecified atom stereocenters. The molecule has 0 atom stereocenters. The van der Waals surface area contributed by atoms with E-state index >= 15 is 0 Å². The quantitative estimate of drug-likeness (QED) is 0.0598. The van der Waals surface area contributed by atoms with Gasteiger partial charge in [-0.25, -0.2) is 0 Å². The average Bonchev–Trinajstić information content (AvgIpc) is 3.27. The van der Waals surface area contributed by atoms with E-state index in [2.05, 4.69) is 6.92 Å². The molecule has 0 aliphatic heterocycles. The highest BCUT2D eigenvalue weighted by Crippen LogP contribution is 2.36. The van der Waals surface area contributed by atoms with Crippen molar-refractivity contribution in [3.63, 3.8) is 0 Å². The minimum absolute atomic E-state index is 0.152. The maximum absolute atomic E-state index is 12.6. The highest BCUT2D eigenvalue weighted by atomic mass is 16.5. The topological polar surface area (TPSA) is 114 Å². The minimum Gasteiger partial charge on any atom is -0.504 e. The van der Waals surface area contributed by atoms with Gasteiger partial charge in [0.25, 0.3) is 5.95 Å². The summed E-state index contributed by atoms with van der Waals surface area (Å²) in [6.45, 7) is 2.24. The van der Waals surface area contributed by atoms with Crippen molar-refractivity contribution in [3.05, 3.63) is 77.0 Å². The van der Waals surface area contributed by atoms with Crippen LogP contribution in [0.2, 0.25) is 0 Å². The lowest BCUT2D eigenvalue weighted by molar-refractivity contribution is -0.133. The fraction of sp³-hybridized carbons (Fsp3) is 0.457. The molecular weight excluding hydrogens is 532 g/mol. The van der Waals surface area contributed by atoms with Crippen molar-refractivity contribution in [1.29, 1.82) is 0 Å². The molecule has 0 amide bonds.